The molecular formula is C12H22N4O. The maximum Gasteiger partial charge on any atom is 0.224 e. The van der Waals surface area contributed by atoms with Crippen LogP contribution in [0.25, 0.3) is 0 Å². The maximum absolute atomic E-state index is 8.69. The Bertz CT molecular complexity index is 330. The van der Waals surface area contributed by atoms with Crippen molar-refractivity contribution in [3.05, 3.63) is 11.8 Å². The third kappa shape index (κ3) is 5.49. The summed E-state index contributed by atoms with van der Waals surface area (Å²) >= 11 is 0. The Labute approximate surface area is 103 Å². The molecule has 0 amide bonds. The summed E-state index contributed by atoms with van der Waals surface area (Å²) < 4.78 is 0. The molecule has 3 N–H and O–H groups in total. The molecule has 17 heavy (non-hydrogen) atoms. The van der Waals surface area contributed by atoms with Crippen LogP contribution >= 0.6 is 0 Å². The summed E-state index contributed by atoms with van der Waals surface area (Å²) in [6.45, 7) is 6.01. The molecule has 1 rings (SSSR count). The van der Waals surface area contributed by atoms with Gasteiger partial charge < -0.3 is 15.7 Å². The summed E-state index contributed by atoms with van der Waals surface area (Å²) in [5, 5.41) is 15.1. The van der Waals surface area contributed by atoms with Crippen LogP contribution in [0.4, 0.5) is 11.8 Å². The van der Waals surface area contributed by atoms with E-state index in [1.165, 1.54) is 0 Å². The number of aliphatic hydroxyl groups excluding tert-OH is 1. The van der Waals surface area contributed by atoms with Gasteiger partial charge in [-0.25, -0.2) is 4.98 Å². The molecule has 5 nitrogen and oxygen atoms in total. The smallest absolute Gasteiger partial charge is 0.224 e. The van der Waals surface area contributed by atoms with Crippen LogP contribution in [0, 0.1) is 6.92 Å². The first-order valence-electron chi connectivity index (χ1n) is 6.20. The van der Waals surface area contributed by atoms with Gasteiger partial charge in [-0.3, -0.25) is 0 Å². The molecule has 0 aliphatic rings. The van der Waals surface area contributed by atoms with Crippen molar-refractivity contribution in [2.45, 2.75) is 33.1 Å². The molecule has 0 unspecified atom stereocenters. The number of hydrogen-bond donors (Lipinski definition) is 3. The van der Waals surface area contributed by atoms with E-state index in [4.69, 9.17) is 5.11 Å². The number of aryl methyl sites for hydroxylation is 1. The topological polar surface area (TPSA) is 70.1 Å². The Morgan fingerprint density at radius 1 is 1.18 bits per heavy atom. The third-order valence-electron chi connectivity index (χ3n) is 2.28. The van der Waals surface area contributed by atoms with Gasteiger partial charge in [-0.2, -0.15) is 4.98 Å². The Hall–Kier alpha value is -1.36. The minimum Gasteiger partial charge on any atom is -0.396 e. The molecule has 96 valence electrons. The van der Waals surface area contributed by atoms with E-state index >= 15 is 0 Å². The lowest BCUT2D eigenvalue weighted by Gasteiger charge is -2.09. The fraction of sp³-hybridized carbons (Fsp3) is 0.667. The predicted octanol–water partition coefficient (Wildman–Crippen LogP) is 1.79. The van der Waals surface area contributed by atoms with E-state index in [0.717, 1.165) is 43.9 Å². The van der Waals surface area contributed by atoms with Crippen LogP contribution in [0.2, 0.25) is 0 Å². The van der Waals surface area contributed by atoms with Crippen molar-refractivity contribution < 1.29 is 5.11 Å². The SMILES string of the molecule is CCCNc1nc(C)cc(NCCCCO)n1. The second-order valence-electron chi connectivity index (χ2n) is 4.00. The summed E-state index contributed by atoms with van der Waals surface area (Å²) in [5.74, 6) is 1.52. The lowest BCUT2D eigenvalue weighted by atomic mass is 10.3. The number of anilines is 2. The van der Waals surface area contributed by atoms with Crippen LogP contribution in [-0.4, -0.2) is 34.8 Å². The number of aromatic nitrogens is 2. The minimum atomic E-state index is 0.244. The minimum absolute atomic E-state index is 0.244. The molecule has 0 bridgehead atoms. The average Bonchev–Trinajstić information content (AvgIpc) is 2.31. The van der Waals surface area contributed by atoms with Gasteiger partial charge in [-0.1, -0.05) is 6.92 Å². The second-order valence-corrected chi connectivity index (χ2v) is 4.00. The Morgan fingerprint density at radius 3 is 2.71 bits per heavy atom. The largest absolute Gasteiger partial charge is 0.396 e. The van der Waals surface area contributed by atoms with Gasteiger partial charge in [0, 0.05) is 31.5 Å². The van der Waals surface area contributed by atoms with Crippen molar-refractivity contribution in [2.75, 3.05) is 30.3 Å². The van der Waals surface area contributed by atoms with E-state index in [9.17, 15) is 0 Å². The van der Waals surface area contributed by atoms with Crippen molar-refractivity contribution >= 4 is 11.8 Å². The Kier molecular flexibility index (Phi) is 6.32. The Balaban J connectivity index is 2.50. The second kappa shape index (κ2) is 7.84. The summed E-state index contributed by atoms with van der Waals surface area (Å²) in [4.78, 5) is 8.69. The summed E-state index contributed by atoms with van der Waals surface area (Å²) in [5.41, 5.74) is 0.947. The highest BCUT2D eigenvalue weighted by atomic mass is 16.2. The number of rotatable bonds is 8. The summed E-state index contributed by atoms with van der Waals surface area (Å²) in [7, 11) is 0. The fourth-order valence-corrected chi connectivity index (χ4v) is 1.43. The predicted molar refractivity (Wildman–Crippen MR) is 70.4 cm³/mol. The molecule has 0 radical (unpaired) electrons. The number of aliphatic hydroxyl groups is 1. The van der Waals surface area contributed by atoms with Crippen molar-refractivity contribution in [3.8, 4) is 0 Å². The molecular weight excluding hydrogens is 216 g/mol. The molecule has 1 aromatic heterocycles. The van der Waals surface area contributed by atoms with Crippen LogP contribution in [-0.2, 0) is 0 Å². The van der Waals surface area contributed by atoms with Crippen LogP contribution in [0.15, 0.2) is 6.07 Å². The normalized spacial score (nSPS) is 10.3. The highest BCUT2D eigenvalue weighted by molar-refractivity contribution is 5.41. The fourth-order valence-electron chi connectivity index (χ4n) is 1.43. The van der Waals surface area contributed by atoms with Gasteiger partial charge in [-0.15, -0.1) is 0 Å². The van der Waals surface area contributed by atoms with E-state index in [-0.39, 0.29) is 6.61 Å². The first-order valence-corrected chi connectivity index (χ1v) is 6.20. The lowest BCUT2D eigenvalue weighted by molar-refractivity contribution is 0.286. The van der Waals surface area contributed by atoms with E-state index in [1.807, 2.05) is 13.0 Å². The lowest BCUT2D eigenvalue weighted by Crippen LogP contribution is -2.09. The van der Waals surface area contributed by atoms with Gasteiger partial charge in [-0.05, 0) is 26.2 Å². The molecule has 0 saturated heterocycles. The van der Waals surface area contributed by atoms with Crippen molar-refractivity contribution in [1.82, 2.24) is 9.97 Å². The van der Waals surface area contributed by atoms with E-state index in [1.54, 1.807) is 0 Å². The van der Waals surface area contributed by atoms with Gasteiger partial charge in [0.25, 0.3) is 0 Å². The molecule has 1 heterocycles. The van der Waals surface area contributed by atoms with Gasteiger partial charge in [0.15, 0.2) is 0 Å². The molecule has 0 aliphatic heterocycles. The average molecular weight is 238 g/mol. The van der Waals surface area contributed by atoms with Gasteiger partial charge >= 0.3 is 0 Å². The quantitative estimate of drug-likeness (QED) is 0.602. The van der Waals surface area contributed by atoms with Gasteiger partial charge in [0.1, 0.15) is 5.82 Å². The highest BCUT2D eigenvalue weighted by Gasteiger charge is 2.00. The number of nitrogens with zero attached hydrogens (tertiary/aromatic N) is 2. The highest BCUT2D eigenvalue weighted by Crippen LogP contribution is 2.09. The molecule has 0 saturated carbocycles. The van der Waals surface area contributed by atoms with Crippen molar-refractivity contribution in [3.63, 3.8) is 0 Å². The van der Waals surface area contributed by atoms with E-state index < -0.39 is 0 Å². The molecule has 0 atom stereocenters. The van der Waals surface area contributed by atoms with E-state index in [0.29, 0.717) is 5.95 Å². The molecule has 0 aromatic carbocycles. The van der Waals surface area contributed by atoms with E-state index in [2.05, 4.69) is 27.5 Å². The molecule has 0 aliphatic carbocycles. The summed E-state index contributed by atoms with van der Waals surface area (Å²) in [6.07, 6.45) is 2.81. The molecule has 0 spiro atoms. The zero-order chi connectivity index (χ0) is 12.5. The van der Waals surface area contributed by atoms with Crippen LogP contribution < -0.4 is 10.6 Å². The zero-order valence-electron chi connectivity index (χ0n) is 10.7. The molecule has 5 heteroatoms. The third-order valence-corrected chi connectivity index (χ3v) is 2.28. The van der Waals surface area contributed by atoms with Crippen LogP contribution in [0.1, 0.15) is 31.9 Å². The first-order chi connectivity index (χ1) is 8.26. The number of unbranched alkanes of at least 4 members (excludes halogenated alkanes) is 1. The molecule has 0 fully saturated rings. The van der Waals surface area contributed by atoms with Crippen LogP contribution in [0.3, 0.4) is 0 Å². The monoisotopic (exact) mass is 238 g/mol. The van der Waals surface area contributed by atoms with Crippen LogP contribution in [0.5, 0.6) is 0 Å². The number of nitrogens with one attached hydrogen (secondary N) is 2. The maximum atomic E-state index is 8.69. The standard InChI is InChI=1S/C12H22N4O/c1-3-6-14-12-15-10(2)9-11(16-12)13-7-4-5-8-17/h9,17H,3-8H2,1-2H3,(H2,13,14,15,16). The molecule has 1 aromatic rings. The Morgan fingerprint density at radius 2 is 2.00 bits per heavy atom. The van der Waals surface area contributed by atoms with Crippen molar-refractivity contribution in [1.29, 1.82) is 0 Å². The summed E-state index contributed by atoms with van der Waals surface area (Å²) in [6, 6.07) is 1.93. The number of hydrogen-bond acceptors (Lipinski definition) is 5. The first kappa shape index (κ1) is 13.7. The van der Waals surface area contributed by atoms with Crippen molar-refractivity contribution in [2.24, 2.45) is 0 Å². The van der Waals surface area contributed by atoms with Gasteiger partial charge in [0.2, 0.25) is 5.95 Å². The van der Waals surface area contributed by atoms with Gasteiger partial charge in [0.05, 0.1) is 0 Å². The zero-order valence-corrected chi connectivity index (χ0v) is 10.7.